The predicted molar refractivity (Wildman–Crippen MR) is 177 cm³/mol. The van der Waals surface area contributed by atoms with E-state index in [1.165, 1.54) is 19.2 Å². The smallest absolute Gasteiger partial charge is 0.309 e. The molecule has 47 heavy (non-hydrogen) atoms. The molecular formula is C37H46FN3O6. The third-order valence-corrected chi connectivity index (χ3v) is 9.59. The lowest BCUT2D eigenvalue weighted by Gasteiger charge is -2.41. The zero-order valence-electron chi connectivity index (χ0n) is 28.5. The number of carbonyl (C=O) groups excluding carboxylic acids is 4. The number of aromatic nitrogens is 1. The normalized spacial score (nSPS) is 20.7. The van der Waals surface area contributed by atoms with Gasteiger partial charge in [0.2, 0.25) is 0 Å². The number of benzene rings is 2. The number of ether oxygens (including phenoxy) is 2. The summed E-state index contributed by atoms with van der Waals surface area (Å²) in [6, 6.07) is 9.64. The number of hydrogen-bond acceptors (Lipinski definition) is 6. The van der Waals surface area contributed by atoms with Gasteiger partial charge in [-0.25, -0.2) is 4.39 Å². The van der Waals surface area contributed by atoms with Crippen LogP contribution in [0.15, 0.2) is 42.6 Å². The number of hydrogen-bond donors (Lipinski definition) is 0. The van der Waals surface area contributed by atoms with Crippen molar-refractivity contribution in [3.05, 3.63) is 65.1 Å². The van der Waals surface area contributed by atoms with E-state index < -0.39 is 17.3 Å². The lowest BCUT2D eigenvalue weighted by Crippen LogP contribution is -2.52. The number of carbonyl (C=O) groups is 4. The van der Waals surface area contributed by atoms with Gasteiger partial charge >= 0.3 is 5.97 Å². The number of amides is 2. The highest BCUT2D eigenvalue weighted by Gasteiger charge is 2.41. The van der Waals surface area contributed by atoms with Gasteiger partial charge in [-0.2, -0.15) is 0 Å². The van der Waals surface area contributed by atoms with E-state index in [9.17, 15) is 23.6 Å². The van der Waals surface area contributed by atoms with Crippen LogP contribution in [0.1, 0.15) is 80.2 Å². The molecule has 9 nitrogen and oxygen atoms in total. The molecule has 2 aromatic carbocycles. The molecule has 3 heterocycles. The molecule has 0 spiro atoms. The first-order valence-electron chi connectivity index (χ1n) is 16.5. The molecule has 10 heteroatoms. The fourth-order valence-corrected chi connectivity index (χ4v) is 6.97. The molecule has 2 saturated heterocycles. The number of esters is 1. The van der Waals surface area contributed by atoms with Gasteiger partial charge < -0.3 is 23.8 Å². The number of ketones is 1. The molecule has 5 rings (SSSR count). The molecule has 2 aliphatic heterocycles. The number of likely N-dealkylation sites (tertiary alicyclic amines) is 2. The van der Waals surface area contributed by atoms with Crippen molar-refractivity contribution in [1.29, 1.82) is 0 Å². The summed E-state index contributed by atoms with van der Waals surface area (Å²) < 4.78 is 26.3. The van der Waals surface area contributed by atoms with Gasteiger partial charge in [0.1, 0.15) is 17.2 Å². The maximum absolute atomic E-state index is 13.8. The third kappa shape index (κ3) is 7.36. The number of Topliss-reactive ketones (excluding diaryl/α,β-unsaturated/α-hetero) is 1. The standard InChI is InChI=1S/C37H46FN3O6/c1-22-20-41(23(2)16-27(22)36(45)47-37(3,4)5)35(44)33(42)30-21-39(6)31-19-32(46-7)29(18-28(30)31)34(43)40-14-12-25(13-15-40)17-24-8-10-26(38)11-9-24/h8-11,18-19,21-23,25,27H,12-17,20H2,1-7H3/t22-,23+,27?/m1/s1. The van der Waals surface area contributed by atoms with Crippen LogP contribution >= 0.6 is 0 Å². The molecule has 1 unspecified atom stereocenters. The fourth-order valence-electron chi connectivity index (χ4n) is 6.97. The van der Waals surface area contributed by atoms with Gasteiger partial charge in [-0.3, -0.25) is 19.2 Å². The molecule has 0 aliphatic carbocycles. The SMILES string of the molecule is COc1cc2c(cc1C(=O)N1CCC(Cc3ccc(F)cc3)CC1)c(C(=O)C(=O)N1C[C@@H](C)C(C(=O)OC(C)(C)C)C[C@@H]1C)cn2C. The first kappa shape index (κ1) is 34.1. The molecule has 1 aromatic heterocycles. The summed E-state index contributed by atoms with van der Waals surface area (Å²) in [5.41, 5.74) is 1.69. The van der Waals surface area contributed by atoms with Crippen LogP contribution in [0, 0.1) is 23.6 Å². The summed E-state index contributed by atoms with van der Waals surface area (Å²) >= 11 is 0. The van der Waals surface area contributed by atoms with E-state index in [4.69, 9.17) is 9.47 Å². The number of nitrogens with zero attached hydrogens (tertiary/aromatic N) is 3. The molecule has 2 amide bonds. The summed E-state index contributed by atoms with van der Waals surface area (Å²) in [4.78, 5) is 57.6. The van der Waals surface area contributed by atoms with Gasteiger partial charge in [-0.15, -0.1) is 0 Å². The Hall–Kier alpha value is -4.21. The minimum Gasteiger partial charge on any atom is -0.496 e. The van der Waals surface area contributed by atoms with Gasteiger partial charge in [0.25, 0.3) is 17.6 Å². The Labute approximate surface area is 276 Å². The maximum atomic E-state index is 13.8. The predicted octanol–water partition coefficient (Wildman–Crippen LogP) is 5.82. The first-order valence-corrected chi connectivity index (χ1v) is 16.5. The number of rotatable bonds is 7. The second-order valence-corrected chi connectivity index (χ2v) is 14.3. The Morgan fingerprint density at radius 2 is 1.64 bits per heavy atom. The van der Waals surface area contributed by atoms with E-state index in [0.717, 1.165) is 24.8 Å². The van der Waals surface area contributed by atoms with Gasteiger partial charge in [0.05, 0.1) is 29.7 Å². The second kappa shape index (κ2) is 13.5. The van der Waals surface area contributed by atoms with Crippen LogP contribution < -0.4 is 4.74 Å². The van der Waals surface area contributed by atoms with Crippen LogP contribution in [0.2, 0.25) is 0 Å². The number of methoxy groups -OCH3 is 1. The van der Waals surface area contributed by atoms with Crippen molar-refractivity contribution in [3.63, 3.8) is 0 Å². The molecule has 3 aromatic rings. The van der Waals surface area contributed by atoms with E-state index in [-0.39, 0.29) is 47.7 Å². The van der Waals surface area contributed by atoms with Gasteiger partial charge in [0, 0.05) is 50.4 Å². The summed E-state index contributed by atoms with van der Waals surface area (Å²) in [6.45, 7) is 10.6. The lowest BCUT2D eigenvalue weighted by molar-refractivity contribution is -0.165. The zero-order chi connectivity index (χ0) is 34.2. The molecule has 0 saturated carbocycles. The topological polar surface area (TPSA) is 98.2 Å². The molecule has 0 bridgehead atoms. The van der Waals surface area contributed by atoms with Crippen LogP contribution in [-0.2, 0) is 27.8 Å². The van der Waals surface area contributed by atoms with Crippen LogP contribution in [0.3, 0.4) is 0 Å². The van der Waals surface area contributed by atoms with Crippen LogP contribution in [0.5, 0.6) is 5.75 Å². The molecule has 2 aliphatic rings. The third-order valence-electron chi connectivity index (χ3n) is 9.59. The van der Waals surface area contributed by atoms with Crippen LogP contribution in [0.4, 0.5) is 4.39 Å². The minimum atomic E-state index is -0.657. The number of piperidine rings is 2. The Bertz CT molecular complexity index is 1670. The average molecular weight is 648 g/mol. The Morgan fingerprint density at radius 3 is 2.26 bits per heavy atom. The van der Waals surface area contributed by atoms with Crippen molar-refractivity contribution in [2.75, 3.05) is 26.7 Å². The van der Waals surface area contributed by atoms with Crippen molar-refractivity contribution in [3.8, 4) is 5.75 Å². The van der Waals surface area contributed by atoms with Crippen LogP contribution in [-0.4, -0.2) is 76.3 Å². The quantitative estimate of drug-likeness (QED) is 0.182. The Kier molecular flexibility index (Phi) is 9.80. The van der Waals surface area contributed by atoms with Crippen molar-refractivity contribution < 1.29 is 33.0 Å². The second-order valence-electron chi connectivity index (χ2n) is 14.3. The summed E-state index contributed by atoms with van der Waals surface area (Å²) in [5, 5.41) is 0.505. The number of halogens is 1. The maximum Gasteiger partial charge on any atom is 0.309 e. The average Bonchev–Trinajstić information content (AvgIpc) is 3.35. The van der Waals surface area contributed by atoms with Gasteiger partial charge in [0.15, 0.2) is 0 Å². The van der Waals surface area contributed by atoms with Crippen molar-refractivity contribution in [2.45, 2.75) is 71.9 Å². The monoisotopic (exact) mass is 647 g/mol. The van der Waals surface area contributed by atoms with E-state index >= 15 is 0 Å². The Morgan fingerprint density at radius 1 is 0.979 bits per heavy atom. The number of aryl methyl sites for hydroxylation is 1. The van der Waals surface area contributed by atoms with Crippen molar-refractivity contribution >= 4 is 34.5 Å². The fraction of sp³-hybridized carbons (Fsp3) is 0.514. The zero-order valence-corrected chi connectivity index (χ0v) is 28.5. The molecule has 0 radical (unpaired) electrons. The highest BCUT2D eigenvalue weighted by Crippen LogP contribution is 2.34. The van der Waals surface area contributed by atoms with E-state index in [2.05, 4.69) is 0 Å². The highest BCUT2D eigenvalue weighted by molar-refractivity contribution is 6.45. The van der Waals surface area contributed by atoms with Gasteiger partial charge in [-0.1, -0.05) is 19.1 Å². The van der Waals surface area contributed by atoms with E-state index in [1.807, 2.05) is 46.8 Å². The lowest BCUT2D eigenvalue weighted by atomic mass is 9.83. The molecular weight excluding hydrogens is 601 g/mol. The van der Waals surface area contributed by atoms with Crippen molar-refractivity contribution in [1.82, 2.24) is 14.4 Å². The van der Waals surface area contributed by atoms with Gasteiger partial charge in [-0.05, 0) is 89.0 Å². The molecule has 252 valence electrons. The van der Waals surface area contributed by atoms with E-state index in [1.54, 1.807) is 39.7 Å². The van der Waals surface area contributed by atoms with Crippen LogP contribution in [0.25, 0.3) is 10.9 Å². The minimum absolute atomic E-state index is 0.182. The summed E-state index contributed by atoms with van der Waals surface area (Å²) in [5.74, 6) is -1.78. The summed E-state index contributed by atoms with van der Waals surface area (Å²) in [6.07, 6.45) is 4.50. The Balaban J connectivity index is 1.33. The largest absolute Gasteiger partial charge is 0.496 e. The molecule has 2 fully saturated rings. The first-order chi connectivity index (χ1) is 22.2. The highest BCUT2D eigenvalue weighted by atomic mass is 19.1. The molecule has 0 N–H and O–H groups in total. The number of fused-ring (bicyclic) bond motifs is 1. The molecule has 3 atom stereocenters. The van der Waals surface area contributed by atoms with Crippen molar-refractivity contribution in [2.24, 2.45) is 24.8 Å². The summed E-state index contributed by atoms with van der Waals surface area (Å²) in [7, 11) is 3.29. The van der Waals surface area contributed by atoms with E-state index in [0.29, 0.717) is 47.6 Å².